The molecule has 15 heavy (non-hydrogen) atoms. The molecule has 0 saturated heterocycles. The Morgan fingerprint density at radius 2 is 2.33 bits per heavy atom. The number of carbonyl (C=O) groups excluding carboxylic acids is 1. The van der Waals surface area contributed by atoms with Gasteiger partial charge in [-0.25, -0.2) is 4.98 Å². The number of hydrogen-bond donors (Lipinski definition) is 0. The molecule has 0 spiro atoms. The van der Waals surface area contributed by atoms with Crippen molar-refractivity contribution in [2.75, 3.05) is 0 Å². The molecule has 78 valence electrons. The van der Waals surface area contributed by atoms with Crippen molar-refractivity contribution in [3.63, 3.8) is 0 Å². The maximum Gasteiger partial charge on any atom is 0.135 e. The molecule has 2 nitrogen and oxygen atoms in total. The zero-order chi connectivity index (χ0) is 10.8. The van der Waals surface area contributed by atoms with E-state index in [0.717, 1.165) is 15.6 Å². The van der Waals surface area contributed by atoms with E-state index < -0.39 is 0 Å². The van der Waals surface area contributed by atoms with E-state index in [9.17, 15) is 4.79 Å². The zero-order valence-electron chi connectivity index (χ0n) is 8.61. The van der Waals surface area contributed by atoms with Gasteiger partial charge in [0.1, 0.15) is 10.8 Å². The number of rotatable bonds is 3. The fourth-order valence-electron chi connectivity index (χ4n) is 1.32. The summed E-state index contributed by atoms with van der Waals surface area (Å²) in [5.74, 6) is 0.194. The van der Waals surface area contributed by atoms with E-state index in [1.54, 1.807) is 29.6 Å². The molecule has 4 heteroatoms. The van der Waals surface area contributed by atoms with Crippen molar-refractivity contribution in [1.82, 2.24) is 4.98 Å². The van der Waals surface area contributed by atoms with Gasteiger partial charge in [0.15, 0.2) is 0 Å². The van der Waals surface area contributed by atoms with Crippen LogP contribution in [-0.4, -0.2) is 10.8 Å². The molecular formula is C11H11NOS2. The van der Waals surface area contributed by atoms with Crippen LogP contribution >= 0.6 is 22.7 Å². The van der Waals surface area contributed by atoms with Crippen LogP contribution < -0.4 is 0 Å². The molecule has 0 atom stereocenters. The van der Waals surface area contributed by atoms with Gasteiger partial charge in [-0.15, -0.1) is 22.7 Å². The fourth-order valence-corrected chi connectivity index (χ4v) is 3.25. The topological polar surface area (TPSA) is 30.0 Å². The number of carbonyl (C=O) groups is 1. The number of hydrogen-bond acceptors (Lipinski definition) is 4. The van der Waals surface area contributed by atoms with Gasteiger partial charge in [-0.3, -0.25) is 4.79 Å². The largest absolute Gasteiger partial charge is 0.300 e. The van der Waals surface area contributed by atoms with Gasteiger partial charge >= 0.3 is 0 Å². The second-order valence-electron chi connectivity index (χ2n) is 3.38. The molecule has 0 aliphatic carbocycles. The Hall–Kier alpha value is -1.00. The summed E-state index contributed by atoms with van der Waals surface area (Å²) in [6, 6.07) is 4.07. The average molecular weight is 237 g/mol. The summed E-state index contributed by atoms with van der Waals surface area (Å²) in [6.07, 6.45) is 0.509. The number of Topliss-reactive ketones (excluding diaryl/α,β-unsaturated/α-hetero) is 1. The molecule has 0 unspecified atom stereocenters. The lowest BCUT2D eigenvalue weighted by Gasteiger charge is -1.90. The van der Waals surface area contributed by atoms with Gasteiger partial charge in [0.2, 0.25) is 0 Å². The maximum atomic E-state index is 11.0. The van der Waals surface area contributed by atoms with E-state index in [1.165, 1.54) is 4.88 Å². The summed E-state index contributed by atoms with van der Waals surface area (Å²) >= 11 is 3.30. The minimum atomic E-state index is 0.194. The van der Waals surface area contributed by atoms with Crippen LogP contribution in [0.2, 0.25) is 0 Å². The first-order valence-corrected chi connectivity index (χ1v) is 6.36. The zero-order valence-corrected chi connectivity index (χ0v) is 10.2. The van der Waals surface area contributed by atoms with E-state index in [1.807, 2.05) is 18.4 Å². The van der Waals surface area contributed by atoms with Crippen LogP contribution in [0.15, 0.2) is 17.5 Å². The monoisotopic (exact) mass is 237 g/mol. The summed E-state index contributed by atoms with van der Waals surface area (Å²) in [7, 11) is 0. The van der Waals surface area contributed by atoms with Crippen molar-refractivity contribution < 1.29 is 4.79 Å². The first-order valence-electron chi connectivity index (χ1n) is 4.66. The van der Waals surface area contributed by atoms with Crippen molar-refractivity contribution in [3.05, 3.63) is 28.1 Å². The molecule has 0 radical (unpaired) electrons. The Balaban J connectivity index is 2.33. The number of nitrogens with zero attached hydrogens (tertiary/aromatic N) is 1. The highest BCUT2D eigenvalue weighted by molar-refractivity contribution is 7.21. The number of ketones is 1. The second-order valence-corrected chi connectivity index (χ2v) is 5.42. The van der Waals surface area contributed by atoms with Crippen LogP contribution in [0.4, 0.5) is 0 Å². The maximum absolute atomic E-state index is 11.0. The molecule has 0 fully saturated rings. The highest BCUT2D eigenvalue weighted by Crippen LogP contribution is 2.31. The first-order chi connectivity index (χ1) is 7.16. The molecule has 0 N–H and O–H groups in total. The minimum absolute atomic E-state index is 0.194. The number of thiazole rings is 1. The summed E-state index contributed by atoms with van der Waals surface area (Å²) < 4.78 is 0. The van der Waals surface area contributed by atoms with Crippen LogP contribution in [0.25, 0.3) is 9.88 Å². The van der Waals surface area contributed by atoms with E-state index in [2.05, 4.69) is 11.1 Å². The quantitative estimate of drug-likeness (QED) is 0.819. The Kier molecular flexibility index (Phi) is 2.98. The predicted octanol–water partition coefficient (Wildman–Crippen LogP) is 3.31. The molecule has 0 aliphatic rings. The smallest absolute Gasteiger partial charge is 0.135 e. The third-order valence-corrected chi connectivity index (χ3v) is 4.23. The molecule has 0 bridgehead atoms. The molecular weight excluding hydrogens is 226 g/mol. The highest BCUT2D eigenvalue weighted by Gasteiger charge is 2.11. The van der Waals surface area contributed by atoms with Crippen molar-refractivity contribution in [1.29, 1.82) is 0 Å². The van der Waals surface area contributed by atoms with Gasteiger partial charge < -0.3 is 0 Å². The van der Waals surface area contributed by atoms with E-state index in [0.29, 0.717) is 6.42 Å². The second kappa shape index (κ2) is 4.24. The Bertz CT molecular complexity index is 471. The van der Waals surface area contributed by atoms with Crippen molar-refractivity contribution >= 4 is 28.5 Å². The Labute approximate surface area is 96.6 Å². The number of aryl methyl sites for hydroxylation is 1. The fraction of sp³-hybridized carbons (Fsp3) is 0.273. The van der Waals surface area contributed by atoms with Gasteiger partial charge in [0.05, 0.1) is 10.6 Å². The average Bonchev–Trinajstić information content (AvgIpc) is 2.75. The normalized spacial score (nSPS) is 10.5. The SMILES string of the molecule is CC(=O)Cc1sc(-c2cccs2)nc1C. The van der Waals surface area contributed by atoms with Crippen LogP contribution in [0.1, 0.15) is 17.5 Å². The lowest BCUT2D eigenvalue weighted by Crippen LogP contribution is -1.94. The van der Waals surface area contributed by atoms with Crippen LogP contribution in [0.3, 0.4) is 0 Å². The lowest BCUT2D eigenvalue weighted by atomic mass is 10.2. The molecule has 0 saturated carbocycles. The van der Waals surface area contributed by atoms with Crippen molar-refractivity contribution in [3.8, 4) is 9.88 Å². The van der Waals surface area contributed by atoms with Crippen molar-refractivity contribution in [2.45, 2.75) is 20.3 Å². The minimum Gasteiger partial charge on any atom is -0.300 e. The van der Waals surface area contributed by atoms with Crippen LogP contribution in [0, 0.1) is 6.92 Å². The van der Waals surface area contributed by atoms with Crippen LogP contribution in [-0.2, 0) is 11.2 Å². The molecule has 2 aromatic heterocycles. The molecule has 0 aromatic carbocycles. The van der Waals surface area contributed by atoms with Gasteiger partial charge in [-0.2, -0.15) is 0 Å². The molecule has 0 amide bonds. The van der Waals surface area contributed by atoms with E-state index in [4.69, 9.17) is 0 Å². The van der Waals surface area contributed by atoms with Gasteiger partial charge in [0, 0.05) is 11.3 Å². The van der Waals surface area contributed by atoms with E-state index >= 15 is 0 Å². The summed E-state index contributed by atoms with van der Waals surface area (Å²) in [6.45, 7) is 3.58. The highest BCUT2D eigenvalue weighted by atomic mass is 32.1. The Morgan fingerprint density at radius 3 is 2.93 bits per heavy atom. The third kappa shape index (κ3) is 2.33. The summed E-state index contributed by atoms with van der Waals surface area (Å²) in [5, 5.41) is 3.07. The van der Waals surface area contributed by atoms with Crippen LogP contribution in [0.5, 0.6) is 0 Å². The molecule has 2 heterocycles. The standard InChI is InChI=1S/C11H11NOS2/c1-7(13)6-10-8(2)12-11(15-10)9-4-3-5-14-9/h3-5H,6H2,1-2H3. The predicted molar refractivity (Wildman–Crippen MR) is 64.5 cm³/mol. The van der Waals surface area contributed by atoms with Gasteiger partial charge in [-0.1, -0.05) is 6.07 Å². The number of aromatic nitrogens is 1. The molecule has 2 rings (SSSR count). The number of thiophene rings is 1. The van der Waals surface area contributed by atoms with E-state index in [-0.39, 0.29) is 5.78 Å². The van der Waals surface area contributed by atoms with Gasteiger partial charge in [-0.05, 0) is 25.3 Å². The summed E-state index contributed by atoms with van der Waals surface area (Å²) in [4.78, 5) is 17.8. The molecule has 2 aromatic rings. The van der Waals surface area contributed by atoms with Gasteiger partial charge in [0.25, 0.3) is 0 Å². The first kappa shape index (κ1) is 10.5. The third-order valence-electron chi connectivity index (χ3n) is 2.03. The summed E-state index contributed by atoms with van der Waals surface area (Å²) in [5.41, 5.74) is 0.985. The molecule has 0 aliphatic heterocycles. The Morgan fingerprint density at radius 1 is 1.53 bits per heavy atom. The van der Waals surface area contributed by atoms with Crippen molar-refractivity contribution in [2.24, 2.45) is 0 Å². The lowest BCUT2D eigenvalue weighted by molar-refractivity contribution is -0.116.